The van der Waals surface area contributed by atoms with Gasteiger partial charge < -0.3 is 10.3 Å². The zero-order chi connectivity index (χ0) is 21.6. The Morgan fingerprint density at radius 1 is 1.20 bits per heavy atom. The minimum absolute atomic E-state index is 0.0318. The van der Waals surface area contributed by atoms with Gasteiger partial charge in [-0.05, 0) is 6.07 Å². The van der Waals surface area contributed by atoms with Crippen LogP contribution >= 0.6 is 0 Å². The second-order valence-electron chi connectivity index (χ2n) is 8.01. The van der Waals surface area contributed by atoms with E-state index in [1.807, 2.05) is 4.90 Å². The molecule has 1 unspecified atom stereocenters. The average Bonchev–Trinajstić information content (AvgIpc) is 3.21. The minimum atomic E-state index is -4.76. The molecule has 162 valence electrons. The Morgan fingerprint density at radius 2 is 1.93 bits per heavy atom. The molecule has 2 saturated heterocycles. The summed E-state index contributed by atoms with van der Waals surface area (Å²) in [5.41, 5.74) is 3.47. The zero-order valence-corrected chi connectivity index (χ0v) is 15.3. The summed E-state index contributed by atoms with van der Waals surface area (Å²) >= 11 is 0. The summed E-state index contributed by atoms with van der Waals surface area (Å²) in [5, 5.41) is 0. The molecule has 4 aliphatic rings. The molecular weight excluding hydrogens is 419 g/mol. The molecular formula is C18H16F7N5. The lowest BCUT2D eigenvalue weighted by molar-refractivity contribution is -0.137. The van der Waals surface area contributed by atoms with Gasteiger partial charge in [-0.25, -0.2) is 14.4 Å². The number of nitrogens with two attached hydrogens (primary N) is 1. The monoisotopic (exact) mass is 435 g/mol. The maximum Gasteiger partial charge on any atom is 0.419 e. The summed E-state index contributed by atoms with van der Waals surface area (Å²) in [7, 11) is 0. The van der Waals surface area contributed by atoms with Crippen LogP contribution in [0.3, 0.4) is 0 Å². The molecule has 4 atom stereocenters. The highest BCUT2D eigenvalue weighted by Crippen LogP contribution is 2.83. The third-order valence-corrected chi connectivity index (χ3v) is 6.43. The van der Waals surface area contributed by atoms with Gasteiger partial charge in [-0.1, -0.05) is 0 Å². The van der Waals surface area contributed by atoms with E-state index in [1.165, 1.54) is 10.8 Å². The Balaban J connectivity index is 1.55. The van der Waals surface area contributed by atoms with Crippen molar-refractivity contribution in [3.63, 3.8) is 0 Å². The molecule has 2 aromatic rings. The van der Waals surface area contributed by atoms with Crippen LogP contribution in [0.1, 0.15) is 11.4 Å². The van der Waals surface area contributed by atoms with Crippen molar-refractivity contribution in [1.29, 1.82) is 0 Å². The predicted molar refractivity (Wildman–Crippen MR) is 90.9 cm³/mol. The van der Waals surface area contributed by atoms with Crippen LogP contribution in [0.2, 0.25) is 0 Å². The average molecular weight is 435 g/mol. The molecule has 4 fully saturated rings. The normalized spacial score (nSPS) is 29.9. The largest absolute Gasteiger partial charge is 0.419 e. The number of piperidine rings is 1. The fraction of sp³-hybridized carbons (Fsp3) is 0.556. The number of fused-ring (bicyclic) bond motifs is 1. The smallest absolute Gasteiger partial charge is 0.383 e. The lowest BCUT2D eigenvalue weighted by Gasteiger charge is -2.17. The molecule has 0 aromatic carbocycles. The standard InChI is InChI=1S/C18H16F7N5/c19-1-2-29-6-10-13-14(29)17(10,13)30-7-11(28-12(30)4-16(20,21)22)8-3-9(18(23,24)25)15(26)27-5-8/h3,5,7,10,13-14H,1-2,4,6H2,(H2,26,27)/t10-,13-,14?,17-/m0/s1. The molecule has 2 aliphatic carbocycles. The molecule has 2 bridgehead atoms. The molecule has 2 saturated carbocycles. The number of nitrogens with zero attached hydrogens (tertiary/aromatic N) is 4. The van der Waals surface area contributed by atoms with Crippen LogP contribution < -0.4 is 5.73 Å². The fourth-order valence-corrected chi connectivity index (χ4v) is 5.22. The van der Waals surface area contributed by atoms with E-state index >= 15 is 0 Å². The first-order chi connectivity index (χ1) is 14.0. The van der Waals surface area contributed by atoms with Crippen molar-refractivity contribution in [2.24, 2.45) is 11.8 Å². The van der Waals surface area contributed by atoms with Crippen molar-refractivity contribution in [2.45, 2.75) is 30.4 Å². The van der Waals surface area contributed by atoms with Crippen molar-refractivity contribution in [2.75, 3.05) is 25.5 Å². The van der Waals surface area contributed by atoms with Gasteiger partial charge in [-0.15, -0.1) is 0 Å². The third-order valence-electron chi connectivity index (χ3n) is 6.43. The van der Waals surface area contributed by atoms with Crippen molar-refractivity contribution in [1.82, 2.24) is 19.4 Å². The highest BCUT2D eigenvalue weighted by atomic mass is 19.4. The van der Waals surface area contributed by atoms with Gasteiger partial charge in [-0.2, -0.15) is 26.3 Å². The first-order valence-corrected chi connectivity index (χ1v) is 9.27. The Kier molecular flexibility index (Phi) is 3.83. The summed E-state index contributed by atoms with van der Waals surface area (Å²) < 4.78 is 93.1. The van der Waals surface area contributed by atoms with Crippen molar-refractivity contribution in [3.8, 4) is 11.3 Å². The highest BCUT2D eigenvalue weighted by molar-refractivity contribution is 5.63. The molecule has 30 heavy (non-hydrogen) atoms. The lowest BCUT2D eigenvalue weighted by atomic mass is 10.1. The molecule has 2 aliphatic heterocycles. The molecule has 0 spiro atoms. The molecule has 12 heteroatoms. The van der Waals surface area contributed by atoms with Gasteiger partial charge in [0.15, 0.2) is 0 Å². The summed E-state index contributed by atoms with van der Waals surface area (Å²) in [5.74, 6) is -0.740. The third kappa shape index (κ3) is 2.65. The molecule has 2 N–H and O–H groups in total. The highest BCUT2D eigenvalue weighted by Gasteiger charge is 2.93. The molecule has 0 radical (unpaired) electrons. The molecule has 6 rings (SSSR count). The van der Waals surface area contributed by atoms with Crippen LogP contribution in [0.4, 0.5) is 36.6 Å². The van der Waals surface area contributed by atoms with E-state index in [4.69, 9.17) is 5.73 Å². The van der Waals surface area contributed by atoms with Crippen LogP contribution in [-0.2, 0) is 18.1 Å². The number of aromatic nitrogens is 3. The van der Waals surface area contributed by atoms with Crippen LogP contribution in [0.25, 0.3) is 11.3 Å². The Morgan fingerprint density at radius 3 is 2.53 bits per heavy atom. The van der Waals surface area contributed by atoms with E-state index in [-0.39, 0.29) is 41.5 Å². The summed E-state index contributed by atoms with van der Waals surface area (Å²) in [6.07, 6.45) is -8.18. The predicted octanol–water partition coefficient (Wildman–Crippen LogP) is 3.26. The second-order valence-corrected chi connectivity index (χ2v) is 8.01. The Bertz CT molecular complexity index is 1010. The van der Waals surface area contributed by atoms with Gasteiger partial charge in [-0.3, -0.25) is 4.90 Å². The number of imidazole rings is 1. The van der Waals surface area contributed by atoms with Crippen LogP contribution in [0, 0.1) is 11.8 Å². The van der Waals surface area contributed by atoms with E-state index in [0.29, 0.717) is 6.54 Å². The fourth-order valence-electron chi connectivity index (χ4n) is 5.22. The number of nitrogen functional groups attached to an aromatic ring is 1. The van der Waals surface area contributed by atoms with E-state index in [1.54, 1.807) is 0 Å². The van der Waals surface area contributed by atoms with E-state index in [2.05, 4.69) is 9.97 Å². The van der Waals surface area contributed by atoms with Gasteiger partial charge in [0.1, 0.15) is 24.7 Å². The van der Waals surface area contributed by atoms with Gasteiger partial charge in [0.2, 0.25) is 0 Å². The zero-order valence-electron chi connectivity index (χ0n) is 15.3. The minimum Gasteiger partial charge on any atom is -0.383 e. The van der Waals surface area contributed by atoms with Crippen molar-refractivity contribution in [3.05, 3.63) is 29.8 Å². The molecule has 0 amide bonds. The second kappa shape index (κ2) is 5.86. The van der Waals surface area contributed by atoms with Crippen molar-refractivity contribution >= 4 is 5.82 Å². The van der Waals surface area contributed by atoms with E-state index < -0.39 is 42.4 Å². The Hall–Kier alpha value is -2.37. The number of rotatable bonds is 5. The van der Waals surface area contributed by atoms with Crippen LogP contribution in [-0.4, -0.2) is 51.4 Å². The summed E-state index contributed by atoms with van der Waals surface area (Å²) in [6.45, 7) is 0.264. The van der Waals surface area contributed by atoms with Crippen LogP contribution in [0.5, 0.6) is 0 Å². The topological polar surface area (TPSA) is 60.0 Å². The quantitative estimate of drug-likeness (QED) is 0.733. The maximum absolute atomic E-state index is 13.2. The first kappa shape index (κ1) is 19.6. The van der Waals surface area contributed by atoms with Crippen LogP contribution in [0.15, 0.2) is 18.5 Å². The Labute approximate surface area is 165 Å². The van der Waals surface area contributed by atoms with Crippen molar-refractivity contribution < 1.29 is 30.7 Å². The number of pyridine rings is 1. The molecule has 2 aromatic heterocycles. The molecule has 5 nitrogen and oxygen atoms in total. The number of anilines is 1. The first-order valence-electron chi connectivity index (χ1n) is 9.27. The van der Waals surface area contributed by atoms with Gasteiger partial charge in [0.05, 0.1) is 16.8 Å². The van der Waals surface area contributed by atoms with E-state index in [0.717, 1.165) is 12.3 Å². The number of hydrogen-bond donors (Lipinski definition) is 1. The van der Waals surface area contributed by atoms with Gasteiger partial charge in [0, 0.05) is 48.9 Å². The molecule has 4 heterocycles. The summed E-state index contributed by atoms with van der Waals surface area (Å²) in [6, 6.07) is 0.688. The van der Waals surface area contributed by atoms with E-state index in [9.17, 15) is 30.7 Å². The SMILES string of the molecule is Nc1ncc(-c2cn([C@]34C5[C@@H]3[C@@H]4CN5CCF)c(CC(F)(F)F)n2)cc1C(F)(F)F. The maximum atomic E-state index is 13.2. The lowest BCUT2D eigenvalue weighted by Crippen LogP contribution is -2.28. The number of alkyl halides is 7. The number of halogens is 7. The number of hydrogen-bond acceptors (Lipinski definition) is 4. The summed E-state index contributed by atoms with van der Waals surface area (Å²) in [4.78, 5) is 9.48. The van der Waals surface area contributed by atoms with Gasteiger partial charge >= 0.3 is 12.4 Å². The van der Waals surface area contributed by atoms with Gasteiger partial charge in [0.25, 0.3) is 0 Å².